The summed E-state index contributed by atoms with van der Waals surface area (Å²) < 4.78 is 7.34. The molecule has 1 fully saturated rings. The summed E-state index contributed by atoms with van der Waals surface area (Å²) in [7, 11) is 0.474. The third-order valence-electron chi connectivity index (χ3n) is 2.36. The molecule has 0 aromatic heterocycles. The highest BCUT2D eigenvalue weighted by Gasteiger charge is 2.31. The van der Waals surface area contributed by atoms with Crippen LogP contribution in [0.3, 0.4) is 0 Å². The molecule has 1 aliphatic heterocycles. The van der Waals surface area contributed by atoms with Gasteiger partial charge in [-0.25, -0.2) is 0 Å². The van der Waals surface area contributed by atoms with Crippen LogP contribution in [0.2, 0.25) is 0 Å². The van der Waals surface area contributed by atoms with Crippen LogP contribution in [0.1, 0.15) is 35.0 Å². The Hall–Kier alpha value is -0.0400. The fourth-order valence-electron chi connectivity index (χ4n) is 1.81. The quantitative estimate of drug-likeness (QED) is 0.501. The van der Waals surface area contributed by atoms with Gasteiger partial charge < -0.3 is 4.90 Å². The van der Waals surface area contributed by atoms with E-state index in [4.69, 9.17) is 1.37 Å². The maximum absolute atomic E-state index is 7.34. The van der Waals surface area contributed by atoms with Gasteiger partial charge in [0.15, 0.2) is 0 Å². The monoisotopic (exact) mass is 142 g/mol. The van der Waals surface area contributed by atoms with Crippen LogP contribution >= 0.6 is 0 Å². The topological polar surface area (TPSA) is 3.24 Å². The van der Waals surface area contributed by atoms with Crippen LogP contribution in [-0.2, 0) is 0 Å². The van der Waals surface area contributed by atoms with Crippen LogP contribution in [0.4, 0.5) is 0 Å². The lowest BCUT2D eigenvalue weighted by Crippen LogP contribution is -2.36. The third kappa shape index (κ3) is 1.51. The van der Waals surface area contributed by atoms with Gasteiger partial charge in [-0.15, -0.1) is 0 Å². The van der Waals surface area contributed by atoms with Gasteiger partial charge in [0, 0.05) is 7.41 Å². The van der Waals surface area contributed by atoms with Gasteiger partial charge in [0.1, 0.15) is 0 Å². The average molecular weight is 142 g/mol. The van der Waals surface area contributed by atoms with E-state index in [-0.39, 0.29) is 0 Å². The lowest BCUT2D eigenvalue weighted by molar-refractivity contribution is 0.169. The molecule has 1 atom stereocenters. The molecule has 1 rings (SSSR count). The average Bonchev–Trinajstić information content (AvgIpc) is 2.31. The van der Waals surface area contributed by atoms with Crippen molar-refractivity contribution in [2.45, 2.75) is 39.7 Å². The number of hydrogen-bond acceptors (Lipinski definition) is 1. The van der Waals surface area contributed by atoms with Gasteiger partial charge in [-0.2, -0.15) is 0 Å². The molecule has 10 heavy (non-hydrogen) atoms. The standard InChI is InChI=1S/C9H19N/c1-9(2,3)8-6-5-7-10(8)4/h8H,5-7H2,1-4H3/t8-/m0/s1/i4D. The summed E-state index contributed by atoms with van der Waals surface area (Å²) in [5.41, 5.74) is 0.359. The molecule has 1 nitrogen and oxygen atoms in total. The second kappa shape index (κ2) is 2.54. The van der Waals surface area contributed by atoms with Crippen LogP contribution in [0, 0.1) is 5.41 Å². The first kappa shape index (κ1) is 6.66. The molecule has 0 spiro atoms. The fraction of sp³-hybridized carbons (Fsp3) is 1.00. The molecular weight excluding hydrogens is 122 g/mol. The molecule has 0 bridgehead atoms. The zero-order valence-corrected chi connectivity index (χ0v) is 7.35. The zero-order valence-electron chi connectivity index (χ0n) is 8.35. The number of hydrogen-bond donors (Lipinski definition) is 0. The Kier molecular flexibility index (Phi) is 1.69. The molecule has 1 saturated heterocycles. The van der Waals surface area contributed by atoms with Crippen molar-refractivity contribution >= 4 is 0 Å². The van der Waals surface area contributed by atoms with Crippen molar-refractivity contribution in [3.8, 4) is 0 Å². The van der Waals surface area contributed by atoms with E-state index in [0.717, 1.165) is 6.54 Å². The van der Waals surface area contributed by atoms with E-state index in [1.54, 1.807) is 0 Å². The molecule has 0 saturated carbocycles. The summed E-state index contributed by atoms with van der Waals surface area (Å²) in [5, 5.41) is 0. The van der Waals surface area contributed by atoms with Crippen LogP contribution < -0.4 is 0 Å². The molecule has 0 aromatic carbocycles. The van der Waals surface area contributed by atoms with E-state index >= 15 is 0 Å². The van der Waals surface area contributed by atoms with Crippen molar-refractivity contribution < 1.29 is 1.37 Å². The van der Waals surface area contributed by atoms with E-state index in [0.29, 0.717) is 18.5 Å². The number of likely N-dealkylation sites (tertiary alicyclic amines) is 1. The Morgan fingerprint density at radius 1 is 1.50 bits per heavy atom. The summed E-state index contributed by atoms with van der Waals surface area (Å²) >= 11 is 0. The van der Waals surface area contributed by atoms with Gasteiger partial charge in [-0.05, 0) is 31.8 Å². The molecule has 1 aliphatic rings. The van der Waals surface area contributed by atoms with Crippen molar-refractivity contribution in [3.63, 3.8) is 0 Å². The Labute approximate surface area is 65.8 Å². The van der Waals surface area contributed by atoms with Crippen LogP contribution in [0.15, 0.2) is 0 Å². The third-order valence-corrected chi connectivity index (χ3v) is 2.36. The molecule has 1 heteroatoms. The van der Waals surface area contributed by atoms with E-state index < -0.39 is 0 Å². The highest BCUT2D eigenvalue weighted by atomic mass is 15.2. The van der Waals surface area contributed by atoms with Crippen LogP contribution in [0.25, 0.3) is 0 Å². The highest BCUT2D eigenvalue weighted by molar-refractivity contribution is 4.85. The van der Waals surface area contributed by atoms with Gasteiger partial charge in [0.25, 0.3) is 0 Å². The summed E-state index contributed by atoms with van der Waals surface area (Å²) in [6, 6.07) is 0.639. The molecule has 0 N–H and O–H groups in total. The van der Waals surface area contributed by atoms with Crippen molar-refractivity contribution in [3.05, 3.63) is 0 Å². The molecule has 0 unspecified atom stereocenters. The van der Waals surface area contributed by atoms with Crippen LogP contribution in [0.5, 0.6) is 0 Å². The second-order valence-electron chi connectivity index (χ2n) is 4.34. The van der Waals surface area contributed by atoms with Crippen LogP contribution in [-0.4, -0.2) is 24.5 Å². The molecule has 0 aliphatic carbocycles. The van der Waals surface area contributed by atoms with Crippen molar-refractivity contribution in [1.82, 2.24) is 4.90 Å². The lowest BCUT2D eigenvalue weighted by atomic mass is 9.85. The predicted octanol–water partition coefficient (Wildman–Crippen LogP) is 2.13. The number of nitrogens with zero attached hydrogens (tertiary/aromatic N) is 1. The van der Waals surface area contributed by atoms with Gasteiger partial charge in [-0.3, -0.25) is 0 Å². The summed E-state index contributed by atoms with van der Waals surface area (Å²) in [5.74, 6) is 0. The van der Waals surface area contributed by atoms with E-state index in [9.17, 15) is 0 Å². The summed E-state index contributed by atoms with van der Waals surface area (Å²) in [4.78, 5) is 2.28. The Morgan fingerprint density at radius 3 is 2.60 bits per heavy atom. The van der Waals surface area contributed by atoms with Crippen molar-refractivity contribution in [2.24, 2.45) is 5.41 Å². The molecule has 0 amide bonds. The molecule has 0 aromatic rings. The first-order valence-electron chi connectivity index (χ1n) is 4.79. The zero-order chi connectivity index (χ0) is 8.48. The smallest absolute Gasteiger partial charge is 0.0394 e. The van der Waals surface area contributed by atoms with Crippen molar-refractivity contribution in [2.75, 3.05) is 13.6 Å². The highest BCUT2D eigenvalue weighted by Crippen LogP contribution is 2.30. The Bertz CT molecular complexity index is 128. The maximum Gasteiger partial charge on any atom is 0.0394 e. The lowest BCUT2D eigenvalue weighted by Gasteiger charge is -2.32. The minimum absolute atomic E-state index is 0.359. The minimum Gasteiger partial charge on any atom is -0.303 e. The first-order valence-corrected chi connectivity index (χ1v) is 4.09. The Balaban J connectivity index is 2.57. The van der Waals surface area contributed by atoms with E-state index in [1.165, 1.54) is 12.8 Å². The normalized spacial score (nSPS) is 30.7. The van der Waals surface area contributed by atoms with Gasteiger partial charge in [0.2, 0.25) is 0 Å². The Morgan fingerprint density at radius 2 is 2.20 bits per heavy atom. The number of rotatable bonds is 0. The van der Waals surface area contributed by atoms with Gasteiger partial charge in [-0.1, -0.05) is 20.8 Å². The summed E-state index contributed by atoms with van der Waals surface area (Å²) in [6.07, 6.45) is 2.56. The fourth-order valence-corrected chi connectivity index (χ4v) is 1.81. The molecule has 60 valence electrons. The second-order valence-corrected chi connectivity index (χ2v) is 4.34. The van der Waals surface area contributed by atoms with E-state index in [2.05, 4.69) is 25.7 Å². The maximum atomic E-state index is 7.34. The minimum atomic E-state index is 0.359. The predicted molar refractivity (Wildman–Crippen MR) is 45.1 cm³/mol. The SMILES string of the molecule is [2H]CN1CCC[C@H]1C(C)(C)C. The largest absolute Gasteiger partial charge is 0.303 e. The molecular formula is C9H19N. The molecule has 0 radical (unpaired) electrons. The van der Waals surface area contributed by atoms with E-state index in [1.807, 2.05) is 0 Å². The summed E-state index contributed by atoms with van der Waals surface area (Å²) in [6.45, 7) is 7.94. The van der Waals surface area contributed by atoms with Gasteiger partial charge >= 0.3 is 0 Å². The first-order chi connectivity index (χ1) is 5.05. The van der Waals surface area contributed by atoms with Gasteiger partial charge in [0.05, 0.1) is 0 Å². The molecule has 1 heterocycles. The van der Waals surface area contributed by atoms with Crippen molar-refractivity contribution in [1.29, 1.82) is 0 Å².